The average molecular weight is 202 g/mol. The van der Waals surface area contributed by atoms with E-state index in [1.807, 2.05) is 6.08 Å². The zero-order chi connectivity index (χ0) is 11.2. The summed E-state index contributed by atoms with van der Waals surface area (Å²) in [6.45, 7) is 8.67. The summed E-state index contributed by atoms with van der Waals surface area (Å²) in [6, 6.07) is 0. The number of carbonyl (C=O) groups is 1. The third-order valence-corrected chi connectivity index (χ3v) is 3.66. The van der Waals surface area contributed by atoms with Gasteiger partial charge in [0, 0.05) is 11.5 Å². The molecule has 2 unspecified atom stereocenters. The molecule has 0 N–H and O–H groups in total. The van der Waals surface area contributed by atoms with E-state index in [1.165, 1.54) is 5.57 Å². The van der Waals surface area contributed by atoms with Crippen molar-refractivity contribution in [2.45, 2.75) is 27.7 Å². The standard InChI is InChI=1S/C14H18O/c1-9-7-11-12(8-10(9)2)14(3,4)6-5-13(11)15/h5-9,12H,1-4H3. The Hall–Kier alpha value is -1.11. The molecule has 2 aliphatic rings. The van der Waals surface area contributed by atoms with Crippen molar-refractivity contribution in [1.29, 1.82) is 0 Å². The molecule has 0 radical (unpaired) electrons. The summed E-state index contributed by atoms with van der Waals surface area (Å²) in [7, 11) is 0. The second-order valence-corrected chi connectivity index (χ2v) is 5.32. The van der Waals surface area contributed by atoms with E-state index in [0.29, 0.717) is 5.92 Å². The van der Waals surface area contributed by atoms with Crippen molar-refractivity contribution < 1.29 is 4.79 Å². The number of hydrogen-bond donors (Lipinski definition) is 0. The van der Waals surface area contributed by atoms with Crippen LogP contribution in [0, 0.1) is 17.3 Å². The molecule has 0 bridgehead atoms. The number of fused-ring (bicyclic) bond motifs is 1. The molecule has 2 atom stereocenters. The summed E-state index contributed by atoms with van der Waals surface area (Å²) in [6.07, 6.45) is 8.16. The van der Waals surface area contributed by atoms with Gasteiger partial charge in [-0.3, -0.25) is 4.79 Å². The van der Waals surface area contributed by atoms with Gasteiger partial charge in [0.1, 0.15) is 0 Å². The number of hydrogen-bond acceptors (Lipinski definition) is 1. The molecule has 0 fully saturated rings. The molecule has 0 aromatic carbocycles. The molecule has 0 saturated carbocycles. The molecule has 0 aromatic heterocycles. The number of rotatable bonds is 0. The summed E-state index contributed by atoms with van der Waals surface area (Å²) >= 11 is 0. The number of ketones is 1. The predicted octanol–water partition coefficient (Wildman–Crippen LogP) is 3.29. The highest BCUT2D eigenvalue weighted by atomic mass is 16.1. The van der Waals surface area contributed by atoms with Crippen LogP contribution in [0.5, 0.6) is 0 Å². The Kier molecular flexibility index (Phi) is 2.22. The second-order valence-electron chi connectivity index (χ2n) is 5.32. The minimum absolute atomic E-state index is 0.0706. The van der Waals surface area contributed by atoms with Crippen molar-refractivity contribution >= 4 is 5.78 Å². The van der Waals surface area contributed by atoms with Gasteiger partial charge in [-0.05, 0) is 24.3 Å². The fourth-order valence-corrected chi connectivity index (χ4v) is 2.35. The smallest absolute Gasteiger partial charge is 0.181 e. The highest BCUT2D eigenvalue weighted by molar-refractivity contribution is 6.06. The van der Waals surface area contributed by atoms with E-state index in [9.17, 15) is 4.79 Å². The highest BCUT2D eigenvalue weighted by Crippen LogP contribution is 2.43. The molecule has 15 heavy (non-hydrogen) atoms. The van der Waals surface area contributed by atoms with Gasteiger partial charge in [-0.2, -0.15) is 0 Å². The van der Waals surface area contributed by atoms with Crippen molar-refractivity contribution in [2.24, 2.45) is 17.3 Å². The van der Waals surface area contributed by atoms with Crippen LogP contribution < -0.4 is 0 Å². The van der Waals surface area contributed by atoms with E-state index in [0.717, 1.165) is 5.57 Å². The molecule has 1 heteroatoms. The van der Waals surface area contributed by atoms with Gasteiger partial charge in [0.25, 0.3) is 0 Å². The van der Waals surface area contributed by atoms with E-state index < -0.39 is 0 Å². The molecule has 2 aliphatic carbocycles. The maximum atomic E-state index is 11.8. The predicted molar refractivity (Wildman–Crippen MR) is 62.4 cm³/mol. The maximum absolute atomic E-state index is 11.8. The Morgan fingerprint density at radius 3 is 2.60 bits per heavy atom. The van der Waals surface area contributed by atoms with Crippen molar-refractivity contribution in [3.8, 4) is 0 Å². The van der Waals surface area contributed by atoms with E-state index in [4.69, 9.17) is 0 Å². The van der Waals surface area contributed by atoms with E-state index in [2.05, 4.69) is 39.8 Å². The van der Waals surface area contributed by atoms with Crippen LogP contribution >= 0.6 is 0 Å². The lowest BCUT2D eigenvalue weighted by atomic mass is 9.66. The Morgan fingerprint density at radius 1 is 1.27 bits per heavy atom. The summed E-state index contributed by atoms with van der Waals surface area (Å²) in [5.41, 5.74) is 2.43. The normalized spacial score (nSPS) is 33.2. The largest absolute Gasteiger partial charge is 0.290 e. The minimum atomic E-state index is 0.0706. The first-order valence-corrected chi connectivity index (χ1v) is 5.55. The van der Waals surface area contributed by atoms with Crippen LogP contribution in [0.1, 0.15) is 27.7 Å². The van der Waals surface area contributed by atoms with Gasteiger partial charge in [0.2, 0.25) is 0 Å². The average Bonchev–Trinajstić information content (AvgIpc) is 2.16. The van der Waals surface area contributed by atoms with Crippen molar-refractivity contribution in [1.82, 2.24) is 0 Å². The van der Waals surface area contributed by atoms with Crippen LogP contribution in [0.25, 0.3) is 0 Å². The molecule has 0 aliphatic heterocycles. The van der Waals surface area contributed by atoms with Gasteiger partial charge in [0.15, 0.2) is 5.78 Å². The van der Waals surface area contributed by atoms with Gasteiger partial charge in [-0.25, -0.2) is 0 Å². The van der Waals surface area contributed by atoms with E-state index in [1.54, 1.807) is 6.08 Å². The Labute approximate surface area is 91.6 Å². The van der Waals surface area contributed by atoms with Crippen LogP contribution in [-0.2, 0) is 4.79 Å². The second kappa shape index (κ2) is 3.19. The monoisotopic (exact) mass is 202 g/mol. The Morgan fingerprint density at radius 2 is 1.93 bits per heavy atom. The third kappa shape index (κ3) is 1.60. The fraction of sp³-hybridized carbons (Fsp3) is 0.500. The third-order valence-electron chi connectivity index (χ3n) is 3.66. The summed E-state index contributed by atoms with van der Waals surface area (Å²) < 4.78 is 0. The summed E-state index contributed by atoms with van der Waals surface area (Å²) in [5, 5.41) is 0. The van der Waals surface area contributed by atoms with Gasteiger partial charge < -0.3 is 0 Å². The molecule has 0 heterocycles. The first kappa shape index (κ1) is 10.4. The number of carbonyl (C=O) groups excluding carboxylic acids is 1. The first-order chi connectivity index (χ1) is 6.92. The molecule has 1 nitrogen and oxygen atoms in total. The Balaban J connectivity index is 2.51. The molecule has 0 saturated heterocycles. The quantitative estimate of drug-likeness (QED) is 0.551. The molecular formula is C14H18O. The van der Waals surface area contributed by atoms with Crippen LogP contribution in [0.3, 0.4) is 0 Å². The van der Waals surface area contributed by atoms with Gasteiger partial charge in [-0.15, -0.1) is 0 Å². The Bertz CT molecular complexity index is 394. The zero-order valence-electron chi connectivity index (χ0n) is 9.87. The zero-order valence-corrected chi connectivity index (χ0v) is 9.87. The highest BCUT2D eigenvalue weighted by Gasteiger charge is 2.36. The molecule has 2 rings (SSSR count). The van der Waals surface area contributed by atoms with Gasteiger partial charge in [0.05, 0.1) is 0 Å². The molecule has 0 aromatic rings. The van der Waals surface area contributed by atoms with E-state index in [-0.39, 0.29) is 17.1 Å². The van der Waals surface area contributed by atoms with Crippen LogP contribution in [-0.4, -0.2) is 5.78 Å². The maximum Gasteiger partial charge on any atom is 0.181 e. The van der Waals surface area contributed by atoms with Crippen LogP contribution in [0.4, 0.5) is 0 Å². The first-order valence-electron chi connectivity index (χ1n) is 5.55. The SMILES string of the molecule is CC1=CC2C(=CC1C)C(=O)C=CC2(C)C. The lowest BCUT2D eigenvalue weighted by Crippen LogP contribution is -2.31. The van der Waals surface area contributed by atoms with Crippen molar-refractivity contribution in [2.75, 3.05) is 0 Å². The van der Waals surface area contributed by atoms with Crippen LogP contribution in [0.15, 0.2) is 35.5 Å². The summed E-state index contributed by atoms with van der Waals surface area (Å²) in [4.78, 5) is 11.8. The van der Waals surface area contributed by atoms with Gasteiger partial charge >= 0.3 is 0 Å². The van der Waals surface area contributed by atoms with Crippen LogP contribution in [0.2, 0.25) is 0 Å². The van der Waals surface area contributed by atoms with E-state index >= 15 is 0 Å². The topological polar surface area (TPSA) is 17.1 Å². The lowest BCUT2D eigenvalue weighted by molar-refractivity contribution is -0.112. The molecule has 80 valence electrons. The summed E-state index contributed by atoms with van der Waals surface area (Å²) in [5.74, 6) is 0.864. The van der Waals surface area contributed by atoms with Crippen molar-refractivity contribution in [3.05, 3.63) is 35.5 Å². The van der Waals surface area contributed by atoms with Gasteiger partial charge in [-0.1, -0.05) is 44.6 Å². The molecule has 0 amide bonds. The van der Waals surface area contributed by atoms with Crippen molar-refractivity contribution in [3.63, 3.8) is 0 Å². The molecule has 0 spiro atoms. The lowest BCUT2D eigenvalue weighted by Gasteiger charge is -2.37. The minimum Gasteiger partial charge on any atom is -0.290 e. The number of allylic oxidation sites excluding steroid dienone is 6. The molecular weight excluding hydrogens is 184 g/mol. The fourth-order valence-electron chi connectivity index (χ4n) is 2.35.